The molecule has 1 aliphatic rings. The van der Waals surface area contributed by atoms with Crippen LogP contribution in [-0.4, -0.2) is 18.2 Å². The molecule has 27 heavy (non-hydrogen) atoms. The molecule has 0 aliphatic carbocycles. The van der Waals surface area contributed by atoms with E-state index in [1.54, 1.807) is 0 Å². The van der Waals surface area contributed by atoms with E-state index in [1.807, 2.05) is 18.2 Å². The van der Waals surface area contributed by atoms with Gasteiger partial charge in [0, 0.05) is 28.9 Å². The second-order valence-electron chi connectivity index (χ2n) is 7.23. The molecule has 0 unspecified atom stereocenters. The van der Waals surface area contributed by atoms with E-state index in [4.69, 9.17) is 23.8 Å². The van der Waals surface area contributed by atoms with Gasteiger partial charge in [-0.3, -0.25) is 0 Å². The molecule has 0 aromatic heterocycles. The first kappa shape index (κ1) is 20.4. The number of hydrogen-bond donors (Lipinski definition) is 2. The molecule has 2 atom stereocenters. The van der Waals surface area contributed by atoms with E-state index in [0.717, 1.165) is 29.2 Å². The smallest absolute Gasteiger partial charge is 0.171 e. The Morgan fingerprint density at radius 1 is 1.26 bits per heavy atom. The van der Waals surface area contributed by atoms with E-state index in [9.17, 15) is 0 Å². The summed E-state index contributed by atoms with van der Waals surface area (Å²) in [5, 5.41) is 7.75. The van der Waals surface area contributed by atoms with Gasteiger partial charge in [-0.15, -0.1) is 0 Å². The number of thiocarbonyl (C=S) groups is 1. The van der Waals surface area contributed by atoms with Gasteiger partial charge in [0.1, 0.15) is 0 Å². The Kier molecular flexibility index (Phi) is 7.01. The minimum atomic E-state index is 0.116. The van der Waals surface area contributed by atoms with Crippen molar-refractivity contribution in [2.75, 3.05) is 23.3 Å². The van der Waals surface area contributed by atoms with Gasteiger partial charge in [-0.1, -0.05) is 30.7 Å². The Labute approximate surface area is 180 Å². The van der Waals surface area contributed by atoms with Crippen molar-refractivity contribution in [2.45, 2.75) is 32.7 Å². The molecule has 1 aliphatic heterocycles. The molecular formula is C21H25BrClN3S. The monoisotopic (exact) mass is 465 g/mol. The average molecular weight is 467 g/mol. The van der Waals surface area contributed by atoms with Crippen molar-refractivity contribution in [3.05, 3.63) is 57.5 Å². The molecular weight excluding hydrogens is 442 g/mol. The Morgan fingerprint density at radius 3 is 2.67 bits per heavy atom. The van der Waals surface area contributed by atoms with Crippen LogP contribution in [0.2, 0.25) is 5.02 Å². The zero-order valence-electron chi connectivity index (χ0n) is 15.6. The maximum Gasteiger partial charge on any atom is 0.171 e. The number of hydrogen-bond acceptors (Lipinski definition) is 2. The van der Waals surface area contributed by atoms with Crippen molar-refractivity contribution in [3.8, 4) is 0 Å². The molecule has 0 amide bonds. The summed E-state index contributed by atoms with van der Waals surface area (Å²) in [6, 6.07) is 14.6. The van der Waals surface area contributed by atoms with Gasteiger partial charge < -0.3 is 15.5 Å². The van der Waals surface area contributed by atoms with Crippen molar-refractivity contribution in [1.82, 2.24) is 5.32 Å². The van der Waals surface area contributed by atoms with Crippen LogP contribution in [0.4, 0.5) is 11.4 Å². The van der Waals surface area contributed by atoms with Crippen LogP contribution in [-0.2, 0) is 0 Å². The number of nitrogens with one attached hydrogen (secondary N) is 2. The molecule has 6 heteroatoms. The van der Waals surface area contributed by atoms with Crippen LogP contribution in [0.25, 0.3) is 0 Å². The summed E-state index contributed by atoms with van der Waals surface area (Å²) in [5.41, 5.74) is 3.38. The fraction of sp³-hybridized carbons (Fsp3) is 0.381. The summed E-state index contributed by atoms with van der Waals surface area (Å²) < 4.78 is 0.866. The van der Waals surface area contributed by atoms with Crippen LogP contribution in [0, 0.1) is 5.92 Å². The fourth-order valence-electron chi connectivity index (χ4n) is 3.42. The van der Waals surface area contributed by atoms with Gasteiger partial charge in [-0.2, -0.15) is 0 Å². The Morgan fingerprint density at radius 2 is 2.00 bits per heavy atom. The second kappa shape index (κ2) is 9.26. The maximum atomic E-state index is 6.13. The van der Waals surface area contributed by atoms with Crippen molar-refractivity contribution in [3.63, 3.8) is 0 Å². The van der Waals surface area contributed by atoms with Crippen LogP contribution in [0.3, 0.4) is 0 Å². The lowest BCUT2D eigenvalue weighted by atomic mass is 9.99. The Hall–Kier alpha value is -1.30. The number of nitrogens with zero attached hydrogens (tertiary/aromatic N) is 1. The highest BCUT2D eigenvalue weighted by atomic mass is 79.9. The summed E-state index contributed by atoms with van der Waals surface area (Å²) >= 11 is 15.0. The largest absolute Gasteiger partial charge is 0.371 e. The van der Waals surface area contributed by atoms with Gasteiger partial charge in [-0.25, -0.2) is 0 Å². The lowest BCUT2D eigenvalue weighted by Crippen LogP contribution is -2.34. The third-order valence-electron chi connectivity index (χ3n) is 4.94. The van der Waals surface area contributed by atoms with Gasteiger partial charge in [0.05, 0.1) is 11.1 Å². The van der Waals surface area contributed by atoms with Crippen LogP contribution in [0.1, 0.15) is 38.3 Å². The maximum absolute atomic E-state index is 6.13. The Balaban J connectivity index is 1.57. The molecule has 0 bridgehead atoms. The van der Waals surface area contributed by atoms with Gasteiger partial charge in [0.25, 0.3) is 0 Å². The van der Waals surface area contributed by atoms with E-state index in [2.05, 4.69) is 69.6 Å². The SMILES string of the molecule is C[C@H]1CCCN(c2ccc([C@H](C)NC(=S)Nc3ccc(Br)c(Cl)c3)cc2)C1. The Bertz CT molecular complexity index is 797. The molecule has 2 aromatic rings. The predicted octanol–water partition coefficient (Wildman–Crippen LogP) is 6.39. The van der Waals surface area contributed by atoms with Crippen molar-refractivity contribution < 1.29 is 0 Å². The zero-order valence-corrected chi connectivity index (χ0v) is 18.8. The number of halogens is 2. The molecule has 3 rings (SSSR count). The van der Waals surface area contributed by atoms with Crippen molar-refractivity contribution >= 4 is 56.2 Å². The van der Waals surface area contributed by atoms with Gasteiger partial charge in [0.15, 0.2) is 5.11 Å². The third kappa shape index (κ3) is 5.59. The summed E-state index contributed by atoms with van der Waals surface area (Å²) in [6.45, 7) is 6.75. The molecule has 1 heterocycles. The minimum Gasteiger partial charge on any atom is -0.371 e. The van der Waals surface area contributed by atoms with Gasteiger partial charge >= 0.3 is 0 Å². The standard InChI is InChI=1S/C21H25BrClN3S/c1-14-4-3-11-26(13-14)18-8-5-16(6-9-18)15(2)24-21(27)25-17-7-10-19(22)20(23)12-17/h5-10,12,14-15H,3-4,11,13H2,1-2H3,(H2,24,25,27)/t14-,15-/m0/s1. The number of benzene rings is 2. The van der Waals surface area contributed by atoms with Crippen LogP contribution in [0.5, 0.6) is 0 Å². The molecule has 3 nitrogen and oxygen atoms in total. The number of anilines is 2. The normalized spacial score (nSPS) is 18.1. The second-order valence-corrected chi connectivity index (χ2v) is 8.90. The molecule has 1 saturated heterocycles. The van der Waals surface area contributed by atoms with Gasteiger partial charge in [0.2, 0.25) is 0 Å². The molecule has 0 saturated carbocycles. The molecule has 1 fully saturated rings. The first-order valence-corrected chi connectivity index (χ1v) is 10.9. The topological polar surface area (TPSA) is 27.3 Å². The van der Waals surface area contributed by atoms with Crippen LogP contribution >= 0.6 is 39.7 Å². The van der Waals surface area contributed by atoms with Crippen molar-refractivity contribution in [1.29, 1.82) is 0 Å². The summed E-state index contributed by atoms with van der Waals surface area (Å²) in [7, 11) is 0. The first-order chi connectivity index (χ1) is 12.9. The number of rotatable bonds is 4. The molecule has 2 N–H and O–H groups in total. The van der Waals surface area contributed by atoms with E-state index >= 15 is 0 Å². The quantitative estimate of drug-likeness (QED) is 0.511. The van der Waals surface area contributed by atoms with Crippen LogP contribution in [0.15, 0.2) is 46.9 Å². The number of piperidine rings is 1. The summed E-state index contributed by atoms with van der Waals surface area (Å²) in [4.78, 5) is 2.49. The summed E-state index contributed by atoms with van der Waals surface area (Å²) in [5.74, 6) is 0.773. The van der Waals surface area contributed by atoms with E-state index in [1.165, 1.54) is 24.1 Å². The highest BCUT2D eigenvalue weighted by molar-refractivity contribution is 9.10. The lowest BCUT2D eigenvalue weighted by molar-refractivity contribution is 0.447. The highest BCUT2D eigenvalue weighted by Crippen LogP contribution is 2.26. The van der Waals surface area contributed by atoms with E-state index < -0.39 is 0 Å². The first-order valence-electron chi connectivity index (χ1n) is 9.30. The van der Waals surface area contributed by atoms with E-state index in [-0.39, 0.29) is 6.04 Å². The summed E-state index contributed by atoms with van der Waals surface area (Å²) in [6.07, 6.45) is 2.62. The molecule has 2 aromatic carbocycles. The van der Waals surface area contributed by atoms with Crippen molar-refractivity contribution in [2.24, 2.45) is 5.92 Å². The zero-order chi connectivity index (χ0) is 19.4. The molecule has 0 radical (unpaired) electrons. The van der Waals surface area contributed by atoms with E-state index in [0.29, 0.717) is 10.1 Å². The minimum absolute atomic E-state index is 0.116. The third-order valence-corrected chi connectivity index (χ3v) is 6.39. The van der Waals surface area contributed by atoms with Crippen LogP contribution < -0.4 is 15.5 Å². The molecule has 144 valence electrons. The lowest BCUT2D eigenvalue weighted by Gasteiger charge is -2.33. The average Bonchev–Trinajstić information content (AvgIpc) is 2.65. The predicted molar refractivity (Wildman–Crippen MR) is 124 cm³/mol. The highest BCUT2D eigenvalue weighted by Gasteiger charge is 2.17. The fourth-order valence-corrected chi connectivity index (χ4v) is 4.14. The molecule has 0 spiro atoms. The van der Waals surface area contributed by atoms with Gasteiger partial charge in [-0.05, 0) is 89.7 Å².